The zero-order valence-electron chi connectivity index (χ0n) is 7.00. The second kappa shape index (κ2) is 3.71. The zero-order valence-corrected chi connectivity index (χ0v) is 7.00. The van der Waals surface area contributed by atoms with E-state index >= 15 is 0 Å². The van der Waals surface area contributed by atoms with Crippen LogP contribution in [0.4, 0.5) is 5.82 Å². The number of nitrogens with zero attached hydrogens (tertiary/aromatic N) is 1. The molecule has 0 saturated heterocycles. The summed E-state index contributed by atoms with van der Waals surface area (Å²) in [6.07, 6.45) is 0. The molecule has 1 amide bonds. The van der Waals surface area contributed by atoms with E-state index in [0.29, 0.717) is 11.7 Å². The van der Waals surface area contributed by atoms with Crippen molar-refractivity contribution in [2.75, 3.05) is 12.4 Å². The maximum Gasteiger partial charge on any atom is 0.222 e. The summed E-state index contributed by atoms with van der Waals surface area (Å²) in [5, 5.41) is 2.55. The van der Waals surface area contributed by atoms with Gasteiger partial charge in [0.15, 0.2) is 0 Å². The van der Waals surface area contributed by atoms with Gasteiger partial charge in [0.1, 0.15) is 5.82 Å². The number of methoxy groups -OCH3 is 1. The number of ether oxygens (including phenoxy) is 1. The number of hydrogen-bond acceptors (Lipinski definition) is 3. The average Bonchev–Trinajstić information content (AvgIpc) is 2.03. The lowest BCUT2D eigenvalue weighted by Crippen LogP contribution is -2.07. The predicted molar refractivity (Wildman–Crippen MR) is 45.1 cm³/mol. The van der Waals surface area contributed by atoms with Crippen molar-refractivity contribution < 1.29 is 9.53 Å². The van der Waals surface area contributed by atoms with E-state index in [9.17, 15) is 4.79 Å². The summed E-state index contributed by atoms with van der Waals surface area (Å²) in [5.41, 5.74) is 0. The molecule has 1 aromatic heterocycles. The van der Waals surface area contributed by atoms with Gasteiger partial charge in [0, 0.05) is 13.0 Å². The van der Waals surface area contributed by atoms with Crippen molar-refractivity contribution in [2.45, 2.75) is 6.92 Å². The highest BCUT2D eigenvalue weighted by Crippen LogP contribution is 2.09. The number of hydrogen-bond donors (Lipinski definition) is 1. The summed E-state index contributed by atoms with van der Waals surface area (Å²) < 4.78 is 4.87. The fourth-order valence-corrected chi connectivity index (χ4v) is 0.778. The van der Waals surface area contributed by atoms with Crippen LogP contribution in [0.1, 0.15) is 6.92 Å². The van der Waals surface area contributed by atoms with E-state index in [0.717, 1.165) is 0 Å². The van der Waals surface area contributed by atoms with Crippen LogP contribution in [0.15, 0.2) is 18.2 Å². The van der Waals surface area contributed by atoms with E-state index in [1.807, 2.05) is 0 Å². The summed E-state index contributed by atoms with van der Waals surface area (Å²) in [7, 11) is 1.53. The molecule has 0 atom stereocenters. The minimum Gasteiger partial charge on any atom is -0.481 e. The van der Waals surface area contributed by atoms with Crippen molar-refractivity contribution in [3.63, 3.8) is 0 Å². The summed E-state index contributed by atoms with van der Waals surface area (Å²) >= 11 is 0. The number of carbonyl (C=O) groups is 1. The molecule has 0 radical (unpaired) electrons. The molecule has 0 aliphatic carbocycles. The third-order valence-electron chi connectivity index (χ3n) is 1.24. The van der Waals surface area contributed by atoms with Gasteiger partial charge < -0.3 is 10.1 Å². The first-order chi connectivity index (χ1) is 5.72. The Kier molecular flexibility index (Phi) is 2.63. The van der Waals surface area contributed by atoms with Gasteiger partial charge in [0.2, 0.25) is 11.8 Å². The monoisotopic (exact) mass is 166 g/mol. The van der Waals surface area contributed by atoms with Crippen LogP contribution < -0.4 is 10.1 Å². The van der Waals surface area contributed by atoms with Crippen LogP contribution in [0.5, 0.6) is 5.88 Å². The summed E-state index contributed by atoms with van der Waals surface area (Å²) in [6.45, 7) is 1.43. The normalized spacial score (nSPS) is 9.17. The third kappa shape index (κ3) is 2.23. The Morgan fingerprint density at radius 1 is 1.58 bits per heavy atom. The largest absolute Gasteiger partial charge is 0.481 e. The number of anilines is 1. The molecule has 1 N–H and O–H groups in total. The van der Waals surface area contributed by atoms with Crippen LogP contribution in [0.2, 0.25) is 0 Å². The van der Waals surface area contributed by atoms with Crippen LogP contribution in [0.3, 0.4) is 0 Å². The van der Waals surface area contributed by atoms with Crippen molar-refractivity contribution in [2.24, 2.45) is 0 Å². The van der Waals surface area contributed by atoms with Gasteiger partial charge in [-0.1, -0.05) is 6.07 Å². The number of carbonyl (C=O) groups excluding carboxylic acids is 1. The zero-order chi connectivity index (χ0) is 8.97. The SMILES string of the molecule is COc1cccc(NC(C)=O)n1. The fraction of sp³-hybridized carbons (Fsp3) is 0.250. The molecule has 4 nitrogen and oxygen atoms in total. The van der Waals surface area contributed by atoms with Crippen LogP contribution in [-0.2, 0) is 4.79 Å². The smallest absolute Gasteiger partial charge is 0.222 e. The standard InChI is InChI=1S/C8H10N2O2/c1-6(11)9-7-4-3-5-8(10-7)12-2/h3-5H,1-2H3,(H,9,10,11). The van der Waals surface area contributed by atoms with Crippen LogP contribution >= 0.6 is 0 Å². The Morgan fingerprint density at radius 3 is 2.92 bits per heavy atom. The van der Waals surface area contributed by atoms with E-state index in [4.69, 9.17) is 4.74 Å². The molecular weight excluding hydrogens is 156 g/mol. The molecule has 64 valence electrons. The highest BCUT2D eigenvalue weighted by molar-refractivity contribution is 5.87. The molecule has 0 aliphatic rings. The second-order valence-corrected chi connectivity index (χ2v) is 2.25. The number of rotatable bonds is 2. The average molecular weight is 166 g/mol. The molecular formula is C8H10N2O2. The third-order valence-corrected chi connectivity index (χ3v) is 1.24. The Balaban J connectivity index is 2.79. The molecule has 0 spiro atoms. The number of amides is 1. The van der Waals surface area contributed by atoms with Crippen LogP contribution in [-0.4, -0.2) is 18.0 Å². The molecule has 1 heterocycles. The van der Waals surface area contributed by atoms with Crippen LogP contribution in [0, 0.1) is 0 Å². The molecule has 0 unspecified atom stereocenters. The van der Waals surface area contributed by atoms with E-state index in [1.54, 1.807) is 18.2 Å². The lowest BCUT2D eigenvalue weighted by Gasteiger charge is -2.02. The molecule has 0 aliphatic heterocycles. The van der Waals surface area contributed by atoms with Gasteiger partial charge in [-0.3, -0.25) is 4.79 Å². The van der Waals surface area contributed by atoms with Crippen molar-refractivity contribution in [1.29, 1.82) is 0 Å². The first kappa shape index (κ1) is 8.52. The number of nitrogens with one attached hydrogen (secondary N) is 1. The van der Waals surface area contributed by atoms with Crippen molar-refractivity contribution in [3.8, 4) is 5.88 Å². The molecule has 0 aromatic carbocycles. The predicted octanol–water partition coefficient (Wildman–Crippen LogP) is 1.05. The summed E-state index contributed by atoms with van der Waals surface area (Å²) in [4.78, 5) is 14.6. The second-order valence-electron chi connectivity index (χ2n) is 2.25. The quantitative estimate of drug-likeness (QED) is 0.714. The Hall–Kier alpha value is -1.58. The number of pyridine rings is 1. The van der Waals surface area contributed by atoms with Gasteiger partial charge in [0.25, 0.3) is 0 Å². The van der Waals surface area contributed by atoms with Gasteiger partial charge in [-0.15, -0.1) is 0 Å². The van der Waals surface area contributed by atoms with E-state index in [-0.39, 0.29) is 5.91 Å². The van der Waals surface area contributed by atoms with Gasteiger partial charge in [-0.05, 0) is 6.07 Å². The molecule has 1 aromatic rings. The van der Waals surface area contributed by atoms with Gasteiger partial charge >= 0.3 is 0 Å². The Bertz CT molecular complexity index is 286. The molecule has 0 fully saturated rings. The van der Waals surface area contributed by atoms with Crippen molar-refractivity contribution in [3.05, 3.63) is 18.2 Å². The topological polar surface area (TPSA) is 51.2 Å². The van der Waals surface area contributed by atoms with Crippen molar-refractivity contribution >= 4 is 11.7 Å². The molecule has 0 bridgehead atoms. The van der Waals surface area contributed by atoms with Crippen molar-refractivity contribution in [1.82, 2.24) is 4.98 Å². The molecule has 4 heteroatoms. The lowest BCUT2D eigenvalue weighted by molar-refractivity contribution is -0.114. The highest BCUT2D eigenvalue weighted by Gasteiger charge is 1.97. The van der Waals surface area contributed by atoms with Gasteiger partial charge in [-0.2, -0.15) is 4.98 Å². The maximum atomic E-state index is 10.6. The molecule has 12 heavy (non-hydrogen) atoms. The first-order valence-electron chi connectivity index (χ1n) is 3.51. The number of aromatic nitrogens is 1. The fourth-order valence-electron chi connectivity index (χ4n) is 0.778. The van der Waals surface area contributed by atoms with E-state index in [2.05, 4.69) is 10.3 Å². The Morgan fingerprint density at radius 2 is 2.33 bits per heavy atom. The van der Waals surface area contributed by atoms with E-state index in [1.165, 1.54) is 14.0 Å². The first-order valence-corrected chi connectivity index (χ1v) is 3.51. The highest BCUT2D eigenvalue weighted by atomic mass is 16.5. The minimum atomic E-state index is -0.143. The molecule has 1 rings (SSSR count). The summed E-state index contributed by atoms with van der Waals surface area (Å²) in [5.74, 6) is 0.846. The maximum absolute atomic E-state index is 10.6. The minimum absolute atomic E-state index is 0.143. The van der Waals surface area contributed by atoms with Crippen LogP contribution in [0.25, 0.3) is 0 Å². The summed E-state index contributed by atoms with van der Waals surface area (Å²) in [6, 6.07) is 5.17. The van der Waals surface area contributed by atoms with Gasteiger partial charge in [-0.25, -0.2) is 0 Å². The lowest BCUT2D eigenvalue weighted by atomic mass is 10.4. The van der Waals surface area contributed by atoms with Gasteiger partial charge in [0.05, 0.1) is 7.11 Å². The molecule has 0 saturated carbocycles. The Labute approximate surface area is 70.6 Å². The van der Waals surface area contributed by atoms with E-state index < -0.39 is 0 Å².